The fraction of sp³-hybridized carbons (Fsp3) is 0.833. The van der Waals surface area contributed by atoms with Crippen LogP contribution in [-0.2, 0) is 6.42 Å². The topological polar surface area (TPSA) is 45.4 Å². The third kappa shape index (κ3) is 2.21. The number of anilines is 1. The van der Waals surface area contributed by atoms with Crippen LogP contribution in [0.5, 0.6) is 0 Å². The number of alkyl halides is 1. The van der Waals surface area contributed by atoms with Gasteiger partial charge >= 0.3 is 6.01 Å². The molecule has 1 aromatic rings. The smallest absolute Gasteiger partial charge is 0.318 e. The Kier molecular flexibility index (Phi) is 3.43. The maximum absolute atomic E-state index is 5.68. The first kappa shape index (κ1) is 12.2. The highest BCUT2D eigenvalue weighted by molar-refractivity contribution is 6.17. The summed E-state index contributed by atoms with van der Waals surface area (Å²) in [6.07, 6.45) is 3.24. The number of hydrogen-bond donors (Lipinski definition) is 0. The maximum Gasteiger partial charge on any atom is 0.318 e. The number of fused-ring (bicyclic) bond motifs is 1. The minimum Gasteiger partial charge on any atom is -0.408 e. The molecule has 1 aromatic heterocycles. The van der Waals surface area contributed by atoms with E-state index in [2.05, 4.69) is 26.9 Å². The van der Waals surface area contributed by atoms with Crippen LogP contribution < -0.4 is 4.90 Å². The first-order chi connectivity index (χ1) is 8.78. The van der Waals surface area contributed by atoms with Gasteiger partial charge in [0.1, 0.15) is 0 Å². The number of aromatic nitrogens is 2. The lowest BCUT2D eigenvalue weighted by atomic mass is 10.1. The predicted molar refractivity (Wildman–Crippen MR) is 70.1 cm³/mol. The summed E-state index contributed by atoms with van der Waals surface area (Å²) in [5, 5.41) is 8.20. The molecule has 3 rings (SSSR count). The van der Waals surface area contributed by atoms with E-state index in [0.717, 1.165) is 13.1 Å². The number of aryl methyl sites for hydroxylation is 1. The Labute approximate surface area is 112 Å². The second kappa shape index (κ2) is 5.05. The van der Waals surface area contributed by atoms with E-state index in [1.54, 1.807) is 0 Å². The quantitative estimate of drug-likeness (QED) is 0.780. The van der Waals surface area contributed by atoms with Gasteiger partial charge < -0.3 is 9.32 Å². The van der Waals surface area contributed by atoms with Crippen molar-refractivity contribution >= 4 is 17.6 Å². The Bertz CT molecular complexity index is 411. The molecule has 0 aromatic carbocycles. The molecule has 18 heavy (non-hydrogen) atoms. The van der Waals surface area contributed by atoms with E-state index in [1.165, 1.54) is 19.4 Å². The van der Waals surface area contributed by atoms with Crippen molar-refractivity contribution in [3.05, 3.63) is 5.89 Å². The first-order valence-electron chi connectivity index (χ1n) is 6.67. The molecule has 2 aliphatic heterocycles. The molecule has 2 saturated heterocycles. The van der Waals surface area contributed by atoms with Crippen LogP contribution in [0, 0.1) is 0 Å². The largest absolute Gasteiger partial charge is 0.408 e. The zero-order valence-corrected chi connectivity index (χ0v) is 11.4. The summed E-state index contributed by atoms with van der Waals surface area (Å²) >= 11 is 5.68. The number of nitrogens with zero attached hydrogens (tertiary/aromatic N) is 4. The Morgan fingerprint density at radius 2 is 2.28 bits per heavy atom. The highest BCUT2D eigenvalue weighted by atomic mass is 35.5. The fourth-order valence-electron chi connectivity index (χ4n) is 3.00. The monoisotopic (exact) mass is 270 g/mol. The van der Waals surface area contributed by atoms with E-state index in [1.807, 2.05) is 0 Å². The summed E-state index contributed by atoms with van der Waals surface area (Å²) in [6, 6.07) is 1.75. The van der Waals surface area contributed by atoms with Gasteiger partial charge in [0.25, 0.3) is 0 Å². The van der Waals surface area contributed by atoms with Crippen molar-refractivity contribution in [2.24, 2.45) is 0 Å². The van der Waals surface area contributed by atoms with Gasteiger partial charge in [-0.25, -0.2) is 0 Å². The first-order valence-corrected chi connectivity index (χ1v) is 7.20. The summed E-state index contributed by atoms with van der Waals surface area (Å²) in [7, 11) is 0. The number of rotatable bonds is 3. The van der Waals surface area contributed by atoms with Crippen molar-refractivity contribution in [1.82, 2.24) is 15.1 Å². The minimum absolute atomic E-state index is 0.434. The van der Waals surface area contributed by atoms with Crippen LogP contribution in [-0.4, -0.2) is 52.7 Å². The standard InChI is InChI=1S/C12H19ClN4O/c1-9-7-16-6-2-3-10(16)8-17(9)12-15-14-11(18-12)4-5-13/h9-10H,2-8H2,1H3. The van der Waals surface area contributed by atoms with Gasteiger partial charge in [-0.3, -0.25) is 4.90 Å². The van der Waals surface area contributed by atoms with Gasteiger partial charge in [-0.15, -0.1) is 16.7 Å². The van der Waals surface area contributed by atoms with Gasteiger partial charge in [-0.05, 0) is 26.3 Å². The SMILES string of the molecule is CC1CN2CCCC2CN1c1nnc(CCCl)o1. The summed E-state index contributed by atoms with van der Waals surface area (Å²) in [5.41, 5.74) is 0. The van der Waals surface area contributed by atoms with Crippen molar-refractivity contribution in [3.8, 4) is 0 Å². The van der Waals surface area contributed by atoms with Crippen LogP contribution in [0.3, 0.4) is 0 Å². The van der Waals surface area contributed by atoms with Crippen LogP contribution in [0.25, 0.3) is 0 Å². The lowest BCUT2D eigenvalue weighted by Gasteiger charge is -2.41. The second-order valence-corrected chi connectivity index (χ2v) is 5.59. The molecule has 2 aliphatic rings. The average Bonchev–Trinajstić information content (AvgIpc) is 2.96. The van der Waals surface area contributed by atoms with Crippen molar-refractivity contribution < 1.29 is 4.42 Å². The van der Waals surface area contributed by atoms with Gasteiger partial charge in [0.2, 0.25) is 5.89 Å². The van der Waals surface area contributed by atoms with Crippen molar-refractivity contribution in [2.45, 2.75) is 38.3 Å². The van der Waals surface area contributed by atoms with Gasteiger partial charge in [0.05, 0.1) is 0 Å². The van der Waals surface area contributed by atoms with Gasteiger partial charge in [-0.1, -0.05) is 5.10 Å². The minimum atomic E-state index is 0.434. The van der Waals surface area contributed by atoms with Crippen molar-refractivity contribution in [2.75, 3.05) is 30.4 Å². The summed E-state index contributed by atoms with van der Waals surface area (Å²) in [5.74, 6) is 1.16. The van der Waals surface area contributed by atoms with Crippen molar-refractivity contribution in [1.29, 1.82) is 0 Å². The molecule has 2 atom stereocenters. The van der Waals surface area contributed by atoms with Gasteiger partial charge in [-0.2, -0.15) is 0 Å². The van der Waals surface area contributed by atoms with Crippen LogP contribution in [0.4, 0.5) is 6.01 Å². The Morgan fingerprint density at radius 1 is 1.39 bits per heavy atom. The molecule has 6 heteroatoms. The van der Waals surface area contributed by atoms with Crippen LogP contribution in [0.15, 0.2) is 4.42 Å². The Balaban J connectivity index is 1.73. The second-order valence-electron chi connectivity index (χ2n) is 5.21. The van der Waals surface area contributed by atoms with Gasteiger partial charge in [0.15, 0.2) is 0 Å². The van der Waals surface area contributed by atoms with E-state index in [9.17, 15) is 0 Å². The van der Waals surface area contributed by atoms with Crippen molar-refractivity contribution in [3.63, 3.8) is 0 Å². The molecule has 0 radical (unpaired) electrons. The molecule has 0 N–H and O–H groups in total. The number of halogens is 1. The zero-order valence-electron chi connectivity index (χ0n) is 10.7. The molecule has 0 spiro atoms. The lowest BCUT2D eigenvalue weighted by Crippen LogP contribution is -2.55. The number of hydrogen-bond acceptors (Lipinski definition) is 5. The molecule has 0 aliphatic carbocycles. The molecule has 0 amide bonds. The third-order valence-electron chi connectivity index (χ3n) is 3.95. The normalized spacial score (nSPS) is 28.7. The lowest BCUT2D eigenvalue weighted by molar-refractivity contribution is 0.197. The number of piperazine rings is 1. The summed E-state index contributed by atoms with van der Waals surface area (Å²) in [6.45, 7) is 5.56. The zero-order chi connectivity index (χ0) is 12.5. The fourth-order valence-corrected chi connectivity index (χ4v) is 3.16. The van der Waals surface area contributed by atoms with Crippen LogP contribution in [0.1, 0.15) is 25.7 Å². The van der Waals surface area contributed by atoms with E-state index >= 15 is 0 Å². The molecular formula is C12H19ClN4O. The van der Waals surface area contributed by atoms with Crippen LogP contribution >= 0.6 is 11.6 Å². The molecule has 3 heterocycles. The molecule has 2 unspecified atom stereocenters. The molecule has 5 nitrogen and oxygen atoms in total. The highest BCUT2D eigenvalue weighted by Gasteiger charge is 2.36. The maximum atomic E-state index is 5.68. The summed E-state index contributed by atoms with van der Waals surface area (Å²) in [4.78, 5) is 4.83. The Morgan fingerprint density at radius 3 is 3.11 bits per heavy atom. The third-order valence-corrected chi connectivity index (χ3v) is 4.14. The molecule has 100 valence electrons. The average molecular weight is 271 g/mol. The van der Waals surface area contributed by atoms with E-state index in [-0.39, 0.29) is 0 Å². The molecule has 2 fully saturated rings. The molecule has 0 saturated carbocycles. The summed E-state index contributed by atoms with van der Waals surface area (Å²) < 4.78 is 5.68. The Hall–Kier alpha value is -0.810. The van der Waals surface area contributed by atoms with Gasteiger partial charge in [0, 0.05) is 37.5 Å². The van der Waals surface area contributed by atoms with E-state index < -0.39 is 0 Å². The highest BCUT2D eigenvalue weighted by Crippen LogP contribution is 2.27. The van der Waals surface area contributed by atoms with Crippen LogP contribution in [0.2, 0.25) is 0 Å². The molecule has 0 bridgehead atoms. The molecular weight excluding hydrogens is 252 g/mol. The van der Waals surface area contributed by atoms with E-state index in [4.69, 9.17) is 16.0 Å². The predicted octanol–water partition coefficient (Wildman–Crippen LogP) is 1.52. The van der Waals surface area contributed by atoms with E-state index in [0.29, 0.717) is 36.3 Å².